The summed E-state index contributed by atoms with van der Waals surface area (Å²) in [5.41, 5.74) is -0.963. The van der Waals surface area contributed by atoms with E-state index in [4.69, 9.17) is 4.74 Å². The van der Waals surface area contributed by atoms with Crippen LogP contribution < -0.4 is 15.6 Å². The first kappa shape index (κ1) is 6.01. The second kappa shape index (κ2) is 2.01. The first-order valence-corrected chi connectivity index (χ1v) is 2.69. The summed E-state index contributed by atoms with van der Waals surface area (Å²) in [5, 5.41) is 0. The van der Waals surface area contributed by atoms with Crippen LogP contribution in [0.1, 0.15) is 6.92 Å². The van der Waals surface area contributed by atoms with E-state index in [0.717, 1.165) is 0 Å². The predicted octanol–water partition coefficient (Wildman–Crippen LogP) is -0.319. The Morgan fingerprint density at radius 2 is 2.22 bits per heavy atom. The summed E-state index contributed by atoms with van der Waals surface area (Å²) in [7, 11) is 0. The van der Waals surface area contributed by atoms with Crippen molar-refractivity contribution in [1.29, 1.82) is 0 Å². The lowest BCUT2D eigenvalue weighted by atomic mass is 10.3. The van der Waals surface area contributed by atoms with Crippen LogP contribution in [0.4, 0.5) is 0 Å². The first-order valence-electron chi connectivity index (χ1n) is 2.69. The molecule has 9 heavy (non-hydrogen) atoms. The maximum Gasteiger partial charge on any atom is 0.267 e. The molecule has 1 aromatic rings. The van der Waals surface area contributed by atoms with E-state index < -0.39 is 10.9 Å². The lowest BCUT2D eigenvalue weighted by molar-refractivity contribution is 0.333. The molecule has 48 valence electrons. The monoisotopic (exact) mass is 126 g/mol. The molecule has 0 aromatic heterocycles. The topological polar surface area (TPSA) is 43.4 Å². The zero-order valence-electron chi connectivity index (χ0n) is 5.01. The van der Waals surface area contributed by atoms with Gasteiger partial charge in [0.15, 0.2) is 5.75 Å². The summed E-state index contributed by atoms with van der Waals surface area (Å²) in [4.78, 5) is 20.6. The molecule has 0 amide bonds. The molecule has 0 fully saturated rings. The van der Waals surface area contributed by atoms with Gasteiger partial charge in [-0.3, -0.25) is 9.59 Å². The molecule has 3 heteroatoms. The average molecular weight is 126 g/mol. The molecule has 0 aliphatic rings. The highest BCUT2D eigenvalue weighted by Gasteiger charge is 2.08. The molecule has 0 heterocycles. The Morgan fingerprint density at radius 3 is 2.56 bits per heavy atom. The van der Waals surface area contributed by atoms with Crippen LogP contribution >= 0.6 is 0 Å². The van der Waals surface area contributed by atoms with Gasteiger partial charge in [-0.2, -0.15) is 0 Å². The van der Waals surface area contributed by atoms with Crippen LogP contribution in [0.5, 0.6) is 5.75 Å². The Hall–Kier alpha value is -1.12. The molecule has 1 aromatic carbocycles. The Balaban J connectivity index is 2.80. The van der Waals surface area contributed by atoms with Crippen molar-refractivity contribution in [2.24, 2.45) is 0 Å². The average Bonchev–Trinajstić information content (AvgIpc) is 1.88. The zero-order valence-corrected chi connectivity index (χ0v) is 5.01. The minimum absolute atomic E-state index is 0.197. The van der Waals surface area contributed by atoms with E-state index in [-0.39, 0.29) is 5.75 Å². The van der Waals surface area contributed by atoms with Gasteiger partial charge in [-0.25, -0.2) is 0 Å². The molecule has 0 unspecified atom stereocenters. The van der Waals surface area contributed by atoms with Crippen LogP contribution in [0.15, 0.2) is 15.7 Å². The fourth-order valence-electron chi connectivity index (χ4n) is 0.557. The van der Waals surface area contributed by atoms with Gasteiger partial charge >= 0.3 is 0 Å². The molecule has 0 bridgehead atoms. The van der Waals surface area contributed by atoms with E-state index in [0.29, 0.717) is 6.61 Å². The van der Waals surface area contributed by atoms with Gasteiger partial charge in [0.05, 0.1) is 6.61 Å². The molecule has 0 aliphatic heterocycles. The summed E-state index contributed by atoms with van der Waals surface area (Å²) in [5.74, 6) is 0.197. The Morgan fingerprint density at radius 1 is 1.56 bits per heavy atom. The van der Waals surface area contributed by atoms with Crippen molar-refractivity contribution in [3.63, 3.8) is 0 Å². The second-order valence-corrected chi connectivity index (χ2v) is 1.63. The van der Waals surface area contributed by atoms with Crippen LogP contribution in [0.25, 0.3) is 0 Å². The van der Waals surface area contributed by atoms with Crippen molar-refractivity contribution < 1.29 is 4.74 Å². The second-order valence-electron chi connectivity index (χ2n) is 1.63. The van der Waals surface area contributed by atoms with E-state index in [1.807, 2.05) is 0 Å². The molecular weight excluding hydrogens is 120 g/mol. The molecule has 0 radical (unpaired) electrons. The maximum absolute atomic E-state index is 10.4. The Labute approximate surface area is 51.6 Å². The van der Waals surface area contributed by atoms with Crippen LogP contribution in [-0.2, 0) is 0 Å². The fourth-order valence-corrected chi connectivity index (χ4v) is 0.557. The van der Waals surface area contributed by atoms with Crippen LogP contribution in [0.3, 0.4) is 0 Å². The van der Waals surface area contributed by atoms with E-state index in [9.17, 15) is 9.59 Å². The molecule has 0 aliphatic carbocycles. The highest BCUT2D eigenvalue weighted by molar-refractivity contribution is 5.26. The third-order valence-electron chi connectivity index (χ3n) is 1.01. The highest BCUT2D eigenvalue weighted by atomic mass is 16.5. The van der Waals surface area contributed by atoms with Gasteiger partial charge in [-0.1, -0.05) is 0 Å². The van der Waals surface area contributed by atoms with Crippen LogP contribution in [0, 0.1) is 0 Å². The van der Waals surface area contributed by atoms with Gasteiger partial charge in [-0.05, 0) is 6.92 Å². The highest BCUT2D eigenvalue weighted by Crippen LogP contribution is 1.97. The van der Waals surface area contributed by atoms with Crippen LogP contribution in [0.2, 0.25) is 0 Å². The summed E-state index contributed by atoms with van der Waals surface area (Å²) in [6.07, 6.45) is 0. The predicted molar refractivity (Wildman–Crippen MR) is 32.5 cm³/mol. The molecule has 0 saturated heterocycles. The van der Waals surface area contributed by atoms with Gasteiger partial charge in [0.25, 0.3) is 5.43 Å². The van der Waals surface area contributed by atoms with E-state index in [1.165, 1.54) is 6.07 Å². The zero-order chi connectivity index (χ0) is 6.85. The SMILES string of the molecule is CCOc1cc(=O)c1=O. The molecular formula is C6H6O3. The van der Waals surface area contributed by atoms with E-state index >= 15 is 0 Å². The number of hydrogen-bond donors (Lipinski definition) is 0. The normalized spacial score (nSPS) is 9.89. The molecule has 0 atom stereocenters. The standard InChI is InChI=1S/C6H6O3/c1-2-9-5-3-4(7)6(5)8/h3H,2H2,1H3. The van der Waals surface area contributed by atoms with Gasteiger partial charge in [-0.15, -0.1) is 0 Å². The van der Waals surface area contributed by atoms with Crippen molar-refractivity contribution in [2.75, 3.05) is 6.61 Å². The van der Waals surface area contributed by atoms with E-state index in [2.05, 4.69) is 0 Å². The summed E-state index contributed by atoms with van der Waals surface area (Å²) < 4.78 is 4.75. The van der Waals surface area contributed by atoms with Gasteiger partial charge in [0.1, 0.15) is 0 Å². The number of hydrogen-bond acceptors (Lipinski definition) is 3. The van der Waals surface area contributed by atoms with Gasteiger partial charge in [0.2, 0.25) is 5.43 Å². The third kappa shape index (κ3) is 0.850. The number of rotatable bonds is 2. The molecule has 0 spiro atoms. The number of ether oxygens (including phenoxy) is 1. The minimum atomic E-state index is -0.503. The largest absolute Gasteiger partial charge is 0.489 e. The fraction of sp³-hybridized carbons (Fsp3) is 0.333. The minimum Gasteiger partial charge on any atom is -0.489 e. The Bertz CT molecular complexity index is 267. The van der Waals surface area contributed by atoms with E-state index in [1.54, 1.807) is 6.92 Å². The smallest absolute Gasteiger partial charge is 0.267 e. The lowest BCUT2D eigenvalue weighted by Gasteiger charge is -1.99. The first-order chi connectivity index (χ1) is 4.25. The molecule has 0 N–H and O–H groups in total. The molecule has 0 saturated carbocycles. The molecule has 1 rings (SSSR count). The third-order valence-corrected chi connectivity index (χ3v) is 1.01. The van der Waals surface area contributed by atoms with Gasteiger partial charge in [0, 0.05) is 6.07 Å². The lowest BCUT2D eigenvalue weighted by Crippen LogP contribution is -2.30. The summed E-state index contributed by atoms with van der Waals surface area (Å²) >= 11 is 0. The van der Waals surface area contributed by atoms with Crippen molar-refractivity contribution in [2.45, 2.75) is 6.92 Å². The Kier molecular flexibility index (Phi) is 1.34. The maximum atomic E-state index is 10.4. The summed E-state index contributed by atoms with van der Waals surface area (Å²) in [6, 6.07) is 1.20. The van der Waals surface area contributed by atoms with Crippen molar-refractivity contribution >= 4 is 0 Å². The van der Waals surface area contributed by atoms with Crippen molar-refractivity contribution in [1.82, 2.24) is 0 Å². The summed E-state index contributed by atoms with van der Waals surface area (Å²) in [6.45, 7) is 2.20. The quantitative estimate of drug-likeness (QED) is 0.510. The van der Waals surface area contributed by atoms with Crippen molar-refractivity contribution in [3.05, 3.63) is 26.5 Å². The van der Waals surface area contributed by atoms with Crippen molar-refractivity contribution in [3.8, 4) is 5.75 Å². The van der Waals surface area contributed by atoms with Crippen LogP contribution in [-0.4, -0.2) is 6.61 Å². The van der Waals surface area contributed by atoms with Gasteiger partial charge < -0.3 is 4.74 Å². The molecule has 3 nitrogen and oxygen atoms in total.